The molecule has 0 amide bonds. The van der Waals surface area contributed by atoms with Gasteiger partial charge >= 0.3 is 0 Å². The summed E-state index contributed by atoms with van der Waals surface area (Å²) in [5.41, 5.74) is 4.02. The number of nitrogens with zero attached hydrogens (tertiary/aromatic N) is 2. The van der Waals surface area contributed by atoms with E-state index in [-0.39, 0.29) is 6.04 Å². The third-order valence-corrected chi connectivity index (χ3v) is 4.86. The van der Waals surface area contributed by atoms with Gasteiger partial charge in [0.1, 0.15) is 0 Å². The Morgan fingerprint density at radius 2 is 2.00 bits per heavy atom. The predicted molar refractivity (Wildman–Crippen MR) is 88.6 cm³/mol. The van der Waals surface area contributed by atoms with E-state index in [0.717, 1.165) is 6.54 Å². The Morgan fingerprint density at radius 3 is 2.70 bits per heavy atom. The predicted octanol–water partition coefficient (Wildman–Crippen LogP) is 3.37. The smallest absolute Gasteiger partial charge is 0.0765 e. The summed E-state index contributed by atoms with van der Waals surface area (Å²) in [6.07, 6.45) is 1.93. The van der Waals surface area contributed by atoms with Crippen LogP contribution in [0.3, 0.4) is 0 Å². The average molecular weight is 375 g/mol. The Kier molecular flexibility index (Phi) is 2.82. The van der Waals surface area contributed by atoms with Gasteiger partial charge in [0, 0.05) is 13.6 Å². The van der Waals surface area contributed by atoms with Crippen molar-refractivity contribution in [2.45, 2.75) is 12.6 Å². The molecule has 0 saturated heterocycles. The molecule has 1 aliphatic heterocycles. The molecule has 1 N–H and O–H groups in total. The molecule has 0 saturated carbocycles. The zero-order chi connectivity index (χ0) is 13.7. The van der Waals surface area contributed by atoms with Crippen LogP contribution in [0, 0.1) is 3.57 Å². The van der Waals surface area contributed by atoms with Crippen molar-refractivity contribution in [1.29, 1.82) is 0 Å². The molecule has 4 heteroatoms. The summed E-state index contributed by atoms with van der Waals surface area (Å²) < 4.78 is 3.19. The van der Waals surface area contributed by atoms with Gasteiger partial charge in [-0.2, -0.15) is 5.10 Å². The number of hydrogen-bond acceptors (Lipinski definition) is 2. The van der Waals surface area contributed by atoms with Crippen LogP contribution >= 0.6 is 22.6 Å². The normalized spacial score (nSPS) is 17.6. The average Bonchev–Trinajstić information content (AvgIpc) is 3.00. The van der Waals surface area contributed by atoms with Gasteiger partial charge in [0.25, 0.3) is 0 Å². The summed E-state index contributed by atoms with van der Waals surface area (Å²) in [5.74, 6) is 0. The Labute approximate surface area is 131 Å². The number of nitrogens with one attached hydrogen (secondary N) is 1. The van der Waals surface area contributed by atoms with Crippen molar-refractivity contribution in [3.63, 3.8) is 0 Å². The van der Waals surface area contributed by atoms with Crippen molar-refractivity contribution in [3.05, 3.63) is 63.0 Å². The molecule has 100 valence electrons. The molecule has 4 rings (SSSR count). The molecule has 1 aromatic heterocycles. The van der Waals surface area contributed by atoms with Crippen LogP contribution in [0.2, 0.25) is 0 Å². The van der Waals surface area contributed by atoms with E-state index in [4.69, 9.17) is 0 Å². The molecule has 0 bridgehead atoms. The van der Waals surface area contributed by atoms with Gasteiger partial charge in [-0.1, -0.05) is 24.3 Å². The summed E-state index contributed by atoms with van der Waals surface area (Å²) in [6.45, 7) is 0.923. The number of rotatable bonds is 1. The molecule has 2 heterocycles. The van der Waals surface area contributed by atoms with Crippen LogP contribution in [0.5, 0.6) is 0 Å². The largest absolute Gasteiger partial charge is 0.301 e. The lowest BCUT2D eigenvalue weighted by Crippen LogP contribution is -2.17. The first-order chi connectivity index (χ1) is 9.74. The van der Waals surface area contributed by atoms with E-state index in [9.17, 15) is 0 Å². The number of halogens is 1. The fourth-order valence-corrected chi connectivity index (χ4v) is 3.82. The molecular weight excluding hydrogens is 361 g/mol. The molecule has 0 spiro atoms. The summed E-state index contributed by atoms with van der Waals surface area (Å²) >= 11 is 2.36. The summed E-state index contributed by atoms with van der Waals surface area (Å²) in [5, 5.41) is 10.6. The second-order valence-corrected chi connectivity index (χ2v) is 6.38. The van der Waals surface area contributed by atoms with Crippen molar-refractivity contribution in [3.8, 4) is 0 Å². The molecule has 2 aromatic carbocycles. The first-order valence-corrected chi connectivity index (χ1v) is 7.74. The first kappa shape index (κ1) is 12.3. The number of hydrogen-bond donors (Lipinski definition) is 1. The highest BCUT2D eigenvalue weighted by Gasteiger charge is 2.27. The van der Waals surface area contributed by atoms with Crippen molar-refractivity contribution in [2.75, 3.05) is 0 Å². The maximum Gasteiger partial charge on any atom is 0.0765 e. The van der Waals surface area contributed by atoms with Gasteiger partial charge in [-0.3, -0.25) is 4.68 Å². The maximum absolute atomic E-state index is 4.37. The van der Waals surface area contributed by atoms with Crippen LogP contribution in [0.25, 0.3) is 10.8 Å². The van der Waals surface area contributed by atoms with Crippen molar-refractivity contribution in [2.24, 2.45) is 7.05 Å². The fourth-order valence-electron chi connectivity index (χ4n) is 3.04. The zero-order valence-electron chi connectivity index (χ0n) is 11.1. The van der Waals surface area contributed by atoms with Crippen LogP contribution in [0.1, 0.15) is 22.9 Å². The van der Waals surface area contributed by atoms with Crippen LogP contribution in [-0.2, 0) is 13.6 Å². The molecule has 3 aromatic rings. The first-order valence-electron chi connectivity index (χ1n) is 6.66. The second-order valence-electron chi connectivity index (χ2n) is 5.21. The second kappa shape index (κ2) is 4.56. The lowest BCUT2D eigenvalue weighted by atomic mass is 9.98. The van der Waals surface area contributed by atoms with E-state index in [1.165, 1.54) is 31.2 Å². The minimum Gasteiger partial charge on any atom is -0.301 e. The molecule has 1 unspecified atom stereocenters. The zero-order valence-corrected chi connectivity index (χ0v) is 13.3. The van der Waals surface area contributed by atoms with Gasteiger partial charge in [0.2, 0.25) is 0 Å². The summed E-state index contributed by atoms with van der Waals surface area (Å²) in [6, 6.07) is 13.4. The van der Waals surface area contributed by atoms with Gasteiger partial charge in [0.05, 0.1) is 21.5 Å². The van der Waals surface area contributed by atoms with E-state index in [1.54, 1.807) is 0 Å². The van der Waals surface area contributed by atoms with Gasteiger partial charge in [-0.15, -0.1) is 0 Å². The number of fused-ring (bicyclic) bond motifs is 2. The Balaban J connectivity index is 1.91. The van der Waals surface area contributed by atoms with E-state index in [0.29, 0.717) is 0 Å². The highest BCUT2D eigenvalue weighted by Crippen LogP contribution is 2.35. The summed E-state index contributed by atoms with van der Waals surface area (Å²) in [7, 11) is 2.01. The maximum atomic E-state index is 4.37. The Hall–Kier alpha value is -1.40. The topological polar surface area (TPSA) is 29.9 Å². The van der Waals surface area contributed by atoms with Crippen molar-refractivity contribution < 1.29 is 0 Å². The molecule has 3 nitrogen and oxygen atoms in total. The SMILES string of the molecule is Cn1ncc(I)c1C1NCc2cc3ccccc3cc21. The fraction of sp³-hybridized carbons (Fsp3) is 0.188. The summed E-state index contributed by atoms with van der Waals surface area (Å²) in [4.78, 5) is 0. The lowest BCUT2D eigenvalue weighted by Gasteiger charge is -2.14. The van der Waals surface area contributed by atoms with Crippen LogP contribution in [0.4, 0.5) is 0 Å². The lowest BCUT2D eigenvalue weighted by molar-refractivity contribution is 0.595. The monoisotopic (exact) mass is 375 g/mol. The molecule has 1 atom stereocenters. The van der Waals surface area contributed by atoms with E-state index in [2.05, 4.69) is 69.4 Å². The molecule has 0 aliphatic carbocycles. The molecular formula is C16H14IN3. The van der Waals surface area contributed by atoms with Crippen molar-refractivity contribution >= 4 is 33.4 Å². The van der Waals surface area contributed by atoms with E-state index in [1.807, 2.05) is 17.9 Å². The minimum atomic E-state index is 0.244. The minimum absolute atomic E-state index is 0.244. The van der Waals surface area contributed by atoms with Crippen LogP contribution in [-0.4, -0.2) is 9.78 Å². The van der Waals surface area contributed by atoms with Crippen molar-refractivity contribution in [1.82, 2.24) is 15.1 Å². The number of benzene rings is 2. The third kappa shape index (κ3) is 1.78. The standard InChI is InChI=1S/C16H14IN3/c1-20-16(14(17)9-19-20)15-13-7-11-5-3-2-4-10(11)6-12(13)8-18-15/h2-7,9,15,18H,8H2,1H3. The van der Waals surface area contributed by atoms with E-state index < -0.39 is 0 Å². The van der Waals surface area contributed by atoms with Gasteiger partial charge in [0.15, 0.2) is 0 Å². The molecule has 0 radical (unpaired) electrons. The van der Waals surface area contributed by atoms with Gasteiger partial charge in [-0.05, 0) is 56.6 Å². The van der Waals surface area contributed by atoms with Crippen LogP contribution < -0.4 is 5.32 Å². The Bertz CT molecular complexity index is 787. The van der Waals surface area contributed by atoms with E-state index >= 15 is 0 Å². The molecule has 20 heavy (non-hydrogen) atoms. The molecule has 0 fully saturated rings. The van der Waals surface area contributed by atoms with Gasteiger partial charge in [-0.25, -0.2) is 0 Å². The third-order valence-electron chi connectivity index (χ3n) is 4.03. The number of aryl methyl sites for hydroxylation is 1. The van der Waals surface area contributed by atoms with Gasteiger partial charge < -0.3 is 5.32 Å². The quantitative estimate of drug-likeness (QED) is 0.661. The highest BCUT2D eigenvalue weighted by atomic mass is 127. The Morgan fingerprint density at radius 1 is 1.25 bits per heavy atom. The van der Waals surface area contributed by atoms with Crippen LogP contribution in [0.15, 0.2) is 42.6 Å². The molecule has 1 aliphatic rings. The highest BCUT2D eigenvalue weighted by molar-refractivity contribution is 14.1. The number of aromatic nitrogens is 2.